The van der Waals surface area contributed by atoms with E-state index >= 15 is 0 Å². The van der Waals surface area contributed by atoms with Crippen LogP contribution in [0.25, 0.3) is 10.4 Å². The van der Waals surface area contributed by atoms with Gasteiger partial charge in [-0.2, -0.15) is 3.21 Å². The second-order valence-corrected chi connectivity index (χ2v) is 11.0. The zero-order chi connectivity index (χ0) is 27.4. The molecule has 0 atom stereocenters. The summed E-state index contributed by atoms with van der Waals surface area (Å²) in [5.41, 5.74) is 9.54. The molecule has 0 radical (unpaired) electrons. The molecule has 200 valence electrons. The van der Waals surface area contributed by atoms with Crippen molar-refractivity contribution in [3.63, 3.8) is 0 Å². The van der Waals surface area contributed by atoms with Crippen molar-refractivity contribution in [1.29, 1.82) is 0 Å². The van der Waals surface area contributed by atoms with E-state index in [9.17, 15) is 13.6 Å². The van der Waals surface area contributed by atoms with Gasteiger partial charge in [0.2, 0.25) is 0 Å². The van der Waals surface area contributed by atoms with Crippen LogP contribution in [0.1, 0.15) is 33.3 Å². The minimum absolute atomic E-state index is 0.0215. The summed E-state index contributed by atoms with van der Waals surface area (Å²) in [6.45, 7) is 2.71. The molecular formula is C27H23F2IN6O2S. The van der Waals surface area contributed by atoms with Crippen molar-refractivity contribution < 1.29 is 18.3 Å². The third-order valence-electron chi connectivity index (χ3n) is 5.76. The first-order valence-electron chi connectivity index (χ1n) is 11.9. The van der Waals surface area contributed by atoms with Crippen LogP contribution < -0.4 is 21.1 Å². The van der Waals surface area contributed by atoms with Gasteiger partial charge in [-0.3, -0.25) is 4.79 Å². The quantitative estimate of drug-likeness (QED) is 0.179. The van der Waals surface area contributed by atoms with Gasteiger partial charge in [-0.05, 0) is 60.5 Å². The molecule has 1 amide bonds. The number of halogens is 3. The third kappa shape index (κ3) is 6.28. The van der Waals surface area contributed by atoms with Gasteiger partial charge in [0, 0.05) is 21.9 Å². The number of carbonyl (C=O) groups is 1. The average molecular weight is 660 g/mol. The Hall–Kier alpha value is -3.78. The van der Waals surface area contributed by atoms with Crippen molar-refractivity contribution in [2.24, 2.45) is 12.1 Å². The van der Waals surface area contributed by atoms with Crippen LogP contribution in [-0.4, -0.2) is 23.3 Å². The minimum atomic E-state index is -0.970. The van der Waals surface area contributed by atoms with Gasteiger partial charge in [-0.25, -0.2) is 16.9 Å². The van der Waals surface area contributed by atoms with Gasteiger partial charge in [-0.1, -0.05) is 12.1 Å². The lowest BCUT2D eigenvalue weighted by Crippen LogP contribution is -2.24. The van der Waals surface area contributed by atoms with Crippen molar-refractivity contribution >= 4 is 55.9 Å². The lowest BCUT2D eigenvalue weighted by atomic mass is 10.1. The number of carbonyl (C=O) groups excluding carboxylic acids is 1. The molecule has 0 bridgehead atoms. The van der Waals surface area contributed by atoms with Gasteiger partial charge in [-0.15, -0.1) is 11.3 Å². The zero-order valence-corrected chi connectivity index (χ0v) is 23.6. The van der Waals surface area contributed by atoms with E-state index in [0.717, 1.165) is 38.7 Å². The second-order valence-electron chi connectivity index (χ2n) is 8.41. The first kappa shape index (κ1) is 26.8. The molecule has 0 saturated heterocycles. The number of nitrogens with one attached hydrogen (secondary N) is 2. The van der Waals surface area contributed by atoms with Gasteiger partial charge in [0.1, 0.15) is 38.7 Å². The summed E-state index contributed by atoms with van der Waals surface area (Å²) >= 11 is 0.985. The number of nitrogens with two attached hydrogens (primary N) is 1. The molecular weight excluding hydrogens is 637 g/mol. The molecule has 3 heterocycles. The number of pyridine rings is 1. The monoisotopic (exact) mass is 660 g/mol. The summed E-state index contributed by atoms with van der Waals surface area (Å²) in [6.07, 6.45) is 1.55. The molecule has 0 unspecified atom stereocenters. The van der Waals surface area contributed by atoms with Crippen LogP contribution >= 0.6 is 32.6 Å². The first-order valence-corrected chi connectivity index (χ1v) is 14.7. The minimum Gasteiger partial charge on any atom is -0.492 e. The highest BCUT2D eigenvalue weighted by Gasteiger charge is 2.16. The molecule has 0 aliphatic carbocycles. The molecule has 4 N–H and O–H groups in total. The Morgan fingerprint density at radius 3 is 2.77 bits per heavy atom. The van der Waals surface area contributed by atoms with Crippen molar-refractivity contribution in [2.45, 2.75) is 20.0 Å². The molecule has 12 heteroatoms. The van der Waals surface area contributed by atoms with E-state index in [1.807, 2.05) is 37.3 Å². The molecule has 1 aliphatic rings. The van der Waals surface area contributed by atoms with Crippen molar-refractivity contribution in [3.05, 3.63) is 94.0 Å². The number of nitrogens with zero attached hydrogens (tertiary/aromatic N) is 3. The fourth-order valence-electron chi connectivity index (χ4n) is 3.85. The summed E-state index contributed by atoms with van der Waals surface area (Å²) in [5.74, 6) is -0.984. The molecule has 0 spiro atoms. The largest absolute Gasteiger partial charge is 0.492 e. The Morgan fingerprint density at radius 1 is 1.08 bits per heavy atom. The van der Waals surface area contributed by atoms with Crippen LogP contribution in [0.3, 0.4) is 0 Å². The Kier molecular flexibility index (Phi) is 8.21. The number of rotatable bonds is 9. The van der Waals surface area contributed by atoms with E-state index in [0.29, 0.717) is 36.1 Å². The normalized spacial score (nSPS) is 12.2. The summed E-state index contributed by atoms with van der Waals surface area (Å²) < 4.78 is 41.1. The summed E-state index contributed by atoms with van der Waals surface area (Å²) in [4.78, 5) is 19.5. The summed E-state index contributed by atoms with van der Waals surface area (Å²) in [6, 6.07) is 15.1. The summed E-state index contributed by atoms with van der Waals surface area (Å²) in [7, 11) is 0. The van der Waals surface area contributed by atoms with E-state index in [1.54, 1.807) is 23.6 Å². The predicted octanol–water partition coefficient (Wildman–Crippen LogP) is 6.45. The number of hydrogen-bond acceptors (Lipinski definition) is 8. The molecule has 39 heavy (non-hydrogen) atoms. The number of thiophene rings is 1. The van der Waals surface area contributed by atoms with Crippen molar-refractivity contribution in [3.8, 4) is 16.2 Å². The number of anilines is 1. The average Bonchev–Trinajstić information content (AvgIpc) is 3.42. The standard InChI is InChI=1S/C27H23F2IN6O2S/c1-2-38-17-11-20(27(37)34-12-15-3-6-21(28)22(29)9-15)26(32-13-17)33-14-18-5-8-24(39-18)16-4-7-23-19(10-16)25(31)36-30-35-23/h3-11,13H,2,12,14H2,1H3,(H,32,33)(H,34,37)(H2,31,35,36). The maximum absolute atomic E-state index is 13.6. The number of ether oxygens (including phenoxy) is 1. The van der Waals surface area contributed by atoms with Gasteiger partial charge in [0.05, 0.1) is 30.6 Å². The number of aromatic nitrogens is 1. The highest BCUT2D eigenvalue weighted by atomic mass is 127. The molecule has 8 nitrogen and oxygen atoms in total. The highest BCUT2D eigenvalue weighted by molar-refractivity contribution is 14.1. The molecule has 4 aromatic rings. The van der Waals surface area contributed by atoms with Gasteiger partial charge in [0.25, 0.3) is 5.91 Å². The molecule has 5 rings (SSSR count). The summed E-state index contributed by atoms with van der Waals surface area (Å²) in [5, 5.41) is 5.98. The Morgan fingerprint density at radius 2 is 1.95 bits per heavy atom. The van der Waals surface area contributed by atoms with Gasteiger partial charge in [0.15, 0.2) is 11.6 Å². The van der Waals surface area contributed by atoms with Crippen molar-refractivity contribution in [1.82, 2.24) is 10.3 Å². The third-order valence-corrected chi connectivity index (χ3v) is 8.37. The van der Waals surface area contributed by atoms with E-state index in [4.69, 9.17) is 10.5 Å². The zero-order valence-electron chi connectivity index (χ0n) is 20.7. The van der Waals surface area contributed by atoms with E-state index < -0.39 is 38.8 Å². The van der Waals surface area contributed by atoms with Crippen LogP contribution in [0, 0.1) is 11.6 Å². The maximum Gasteiger partial charge on any atom is 0.255 e. The number of amidine groups is 1. The molecule has 2 aromatic heterocycles. The molecule has 0 fully saturated rings. The van der Waals surface area contributed by atoms with Crippen LogP contribution in [0.15, 0.2) is 67.1 Å². The van der Waals surface area contributed by atoms with Crippen LogP contribution in [0.2, 0.25) is 0 Å². The van der Waals surface area contributed by atoms with E-state index in [1.165, 1.54) is 6.07 Å². The smallest absolute Gasteiger partial charge is 0.255 e. The fraction of sp³-hybridized carbons (Fsp3) is 0.148. The number of hydrogen-bond donors (Lipinski definition) is 3. The highest BCUT2D eigenvalue weighted by Crippen LogP contribution is 2.35. The number of fused-ring (bicyclic) bond motifs is 1. The molecule has 0 saturated carbocycles. The second kappa shape index (κ2) is 11.9. The SMILES string of the molecule is CCOc1cnc(NCc2ccc(-c3ccc4c(c3)C(N)=NI=N4)s2)c(C(=O)NCc2ccc(F)c(F)c2)c1. The fourth-order valence-corrected chi connectivity index (χ4v) is 6.04. The number of benzene rings is 2. The van der Waals surface area contributed by atoms with E-state index in [2.05, 4.69) is 22.0 Å². The molecule has 2 aromatic carbocycles. The van der Waals surface area contributed by atoms with Gasteiger partial charge < -0.3 is 21.1 Å². The lowest BCUT2D eigenvalue weighted by Gasteiger charge is -2.13. The Bertz CT molecular complexity index is 1610. The predicted molar refractivity (Wildman–Crippen MR) is 157 cm³/mol. The maximum atomic E-state index is 13.6. The van der Waals surface area contributed by atoms with E-state index in [-0.39, 0.29) is 12.1 Å². The van der Waals surface area contributed by atoms with Crippen LogP contribution in [-0.2, 0) is 13.1 Å². The van der Waals surface area contributed by atoms with Crippen molar-refractivity contribution in [2.75, 3.05) is 11.9 Å². The van der Waals surface area contributed by atoms with Crippen LogP contribution in [0.5, 0.6) is 5.75 Å². The number of amides is 1. The van der Waals surface area contributed by atoms with Crippen LogP contribution in [0.4, 0.5) is 20.3 Å². The lowest BCUT2D eigenvalue weighted by molar-refractivity contribution is 0.0951. The first-order chi connectivity index (χ1) is 18.9. The van der Waals surface area contributed by atoms with Gasteiger partial charge >= 0.3 is 0 Å². The Labute approximate surface area is 237 Å². The Balaban J connectivity index is 1.30. The topological polar surface area (TPSA) is 114 Å². The molecule has 1 aliphatic heterocycles.